The number of nitrogens with two attached hydrogens (primary N) is 1. The smallest absolute Gasteiger partial charge is 0.240 e. The Labute approximate surface area is 150 Å². The van der Waals surface area contributed by atoms with E-state index in [1.54, 1.807) is 7.11 Å². The maximum absolute atomic E-state index is 12.6. The van der Waals surface area contributed by atoms with Crippen molar-refractivity contribution in [3.63, 3.8) is 0 Å². The molecule has 2 fully saturated rings. The summed E-state index contributed by atoms with van der Waals surface area (Å²) in [4.78, 5) is 12.6. The standard InChI is InChI=1S/C20H30N2O3/c1-24-17-11-7-8-15(18(17)25-16-9-3-4-10-16)14-22-19(23)20(21)12-5-2-6-13-20/h7-8,11,16H,2-6,9-10,12-14,21H2,1H3,(H,22,23). The number of rotatable bonds is 6. The fraction of sp³-hybridized carbons (Fsp3) is 0.650. The molecule has 0 heterocycles. The molecule has 1 aromatic rings. The van der Waals surface area contributed by atoms with E-state index in [0.717, 1.165) is 55.6 Å². The number of para-hydroxylation sites is 1. The van der Waals surface area contributed by atoms with Crippen LogP contribution in [0.25, 0.3) is 0 Å². The summed E-state index contributed by atoms with van der Waals surface area (Å²) >= 11 is 0. The van der Waals surface area contributed by atoms with Gasteiger partial charge in [0.05, 0.1) is 18.8 Å². The topological polar surface area (TPSA) is 73.6 Å². The van der Waals surface area contributed by atoms with Crippen LogP contribution in [-0.4, -0.2) is 24.7 Å². The lowest BCUT2D eigenvalue weighted by Crippen LogP contribution is -2.54. The molecule has 1 amide bonds. The van der Waals surface area contributed by atoms with E-state index in [0.29, 0.717) is 6.54 Å². The molecule has 0 spiro atoms. The molecule has 2 saturated carbocycles. The van der Waals surface area contributed by atoms with Gasteiger partial charge in [-0.3, -0.25) is 4.79 Å². The zero-order valence-electron chi connectivity index (χ0n) is 15.2. The van der Waals surface area contributed by atoms with E-state index in [1.807, 2.05) is 18.2 Å². The van der Waals surface area contributed by atoms with Crippen molar-refractivity contribution in [1.82, 2.24) is 5.32 Å². The van der Waals surface area contributed by atoms with Gasteiger partial charge in [0.1, 0.15) is 0 Å². The molecule has 3 rings (SSSR count). The molecule has 1 aromatic carbocycles. The van der Waals surface area contributed by atoms with Gasteiger partial charge in [-0.25, -0.2) is 0 Å². The Hall–Kier alpha value is -1.75. The number of ether oxygens (including phenoxy) is 2. The van der Waals surface area contributed by atoms with Crippen LogP contribution in [0.3, 0.4) is 0 Å². The van der Waals surface area contributed by atoms with Gasteiger partial charge in [0.25, 0.3) is 0 Å². The van der Waals surface area contributed by atoms with Gasteiger partial charge in [0, 0.05) is 12.1 Å². The van der Waals surface area contributed by atoms with Crippen molar-refractivity contribution in [2.24, 2.45) is 5.73 Å². The number of methoxy groups -OCH3 is 1. The van der Waals surface area contributed by atoms with Crippen molar-refractivity contribution in [3.8, 4) is 11.5 Å². The van der Waals surface area contributed by atoms with E-state index < -0.39 is 5.54 Å². The highest BCUT2D eigenvalue weighted by Gasteiger charge is 2.35. The number of hydrogen-bond donors (Lipinski definition) is 2. The number of benzene rings is 1. The molecule has 138 valence electrons. The fourth-order valence-corrected chi connectivity index (χ4v) is 3.93. The predicted octanol–water partition coefficient (Wildman–Crippen LogP) is 3.29. The molecular weight excluding hydrogens is 316 g/mol. The second kappa shape index (κ2) is 8.09. The highest BCUT2D eigenvalue weighted by atomic mass is 16.5. The molecule has 0 radical (unpaired) electrons. The Morgan fingerprint density at radius 2 is 1.92 bits per heavy atom. The Bertz CT molecular complexity index is 591. The van der Waals surface area contributed by atoms with Crippen LogP contribution in [0.15, 0.2) is 18.2 Å². The predicted molar refractivity (Wildman–Crippen MR) is 97.7 cm³/mol. The number of nitrogens with one attached hydrogen (secondary N) is 1. The summed E-state index contributed by atoms with van der Waals surface area (Å²) in [5.41, 5.74) is 6.55. The number of hydrogen-bond acceptors (Lipinski definition) is 4. The molecule has 25 heavy (non-hydrogen) atoms. The normalized spacial score (nSPS) is 20.2. The van der Waals surface area contributed by atoms with E-state index in [-0.39, 0.29) is 12.0 Å². The summed E-state index contributed by atoms with van der Waals surface area (Å²) in [5.74, 6) is 1.42. The number of carbonyl (C=O) groups excluding carboxylic acids is 1. The zero-order chi connectivity index (χ0) is 17.7. The molecule has 2 aliphatic carbocycles. The average Bonchev–Trinajstić information content (AvgIpc) is 3.14. The van der Waals surface area contributed by atoms with Gasteiger partial charge in [0.2, 0.25) is 5.91 Å². The lowest BCUT2D eigenvalue weighted by molar-refractivity contribution is -0.127. The average molecular weight is 346 g/mol. The monoisotopic (exact) mass is 346 g/mol. The van der Waals surface area contributed by atoms with Crippen LogP contribution in [0.4, 0.5) is 0 Å². The van der Waals surface area contributed by atoms with Gasteiger partial charge in [-0.1, -0.05) is 31.4 Å². The third-order valence-corrected chi connectivity index (χ3v) is 5.50. The van der Waals surface area contributed by atoms with Gasteiger partial charge in [-0.2, -0.15) is 0 Å². The molecule has 3 N–H and O–H groups in total. The van der Waals surface area contributed by atoms with Crippen molar-refractivity contribution < 1.29 is 14.3 Å². The molecular formula is C20H30N2O3. The third-order valence-electron chi connectivity index (χ3n) is 5.50. The van der Waals surface area contributed by atoms with Crippen LogP contribution in [0.1, 0.15) is 63.4 Å². The largest absolute Gasteiger partial charge is 0.493 e. The summed E-state index contributed by atoms with van der Waals surface area (Å²) in [7, 11) is 1.65. The Morgan fingerprint density at radius 3 is 2.60 bits per heavy atom. The molecule has 0 bridgehead atoms. The van der Waals surface area contributed by atoms with Crippen molar-refractivity contribution in [1.29, 1.82) is 0 Å². The van der Waals surface area contributed by atoms with Crippen LogP contribution in [0.5, 0.6) is 11.5 Å². The molecule has 0 aromatic heterocycles. The second-order valence-corrected chi connectivity index (χ2v) is 7.37. The summed E-state index contributed by atoms with van der Waals surface area (Å²) in [6.07, 6.45) is 9.57. The Balaban J connectivity index is 1.69. The third kappa shape index (κ3) is 4.27. The fourth-order valence-electron chi connectivity index (χ4n) is 3.93. The van der Waals surface area contributed by atoms with E-state index in [1.165, 1.54) is 19.3 Å². The van der Waals surface area contributed by atoms with E-state index in [9.17, 15) is 4.79 Å². The molecule has 0 unspecified atom stereocenters. The highest BCUT2D eigenvalue weighted by Crippen LogP contribution is 2.35. The van der Waals surface area contributed by atoms with Crippen molar-refractivity contribution in [3.05, 3.63) is 23.8 Å². The van der Waals surface area contributed by atoms with E-state index in [2.05, 4.69) is 5.32 Å². The highest BCUT2D eigenvalue weighted by molar-refractivity contribution is 5.86. The van der Waals surface area contributed by atoms with Gasteiger partial charge in [-0.05, 0) is 44.6 Å². The molecule has 5 heteroatoms. The molecule has 0 aliphatic heterocycles. The molecule has 5 nitrogen and oxygen atoms in total. The maximum atomic E-state index is 12.6. The van der Waals surface area contributed by atoms with Crippen LogP contribution < -0.4 is 20.5 Å². The lowest BCUT2D eigenvalue weighted by atomic mass is 9.82. The van der Waals surface area contributed by atoms with Crippen molar-refractivity contribution in [2.75, 3.05) is 7.11 Å². The van der Waals surface area contributed by atoms with Crippen LogP contribution in [-0.2, 0) is 11.3 Å². The molecule has 0 atom stereocenters. The number of carbonyl (C=O) groups is 1. The zero-order valence-corrected chi connectivity index (χ0v) is 15.2. The van der Waals surface area contributed by atoms with E-state index in [4.69, 9.17) is 15.2 Å². The van der Waals surface area contributed by atoms with Gasteiger partial charge in [-0.15, -0.1) is 0 Å². The molecule has 2 aliphatic rings. The van der Waals surface area contributed by atoms with Gasteiger partial charge < -0.3 is 20.5 Å². The maximum Gasteiger partial charge on any atom is 0.240 e. The quantitative estimate of drug-likeness (QED) is 0.829. The van der Waals surface area contributed by atoms with Crippen molar-refractivity contribution in [2.45, 2.75) is 76.0 Å². The minimum atomic E-state index is -0.719. The molecule has 0 saturated heterocycles. The van der Waals surface area contributed by atoms with Crippen LogP contribution in [0.2, 0.25) is 0 Å². The minimum Gasteiger partial charge on any atom is -0.493 e. The van der Waals surface area contributed by atoms with Crippen molar-refractivity contribution >= 4 is 5.91 Å². The summed E-state index contributed by atoms with van der Waals surface area (Å²) in [5, 5.41) is 3.03. The summed E-state index contributed by atoms with van der Waals surface area (Å²) < 4.78 is 11.7. The number of amides is 1. The Morgan fingerprint density at radius 1 is 1.20 bits per heavy atom. The lowest BCUT2D eigenvalue weighted by Gasteiger charge is -2.32. The SMILES string of the molecule is COc1cccc(CNC(=O)C2(N)CCCCC2)c1OC1CCCC1. The first-order chi connectivity index (χ1) is 12.1. The first-order valence-electron chi connectivity index (χ1n) is 9.52. The Kier molecular flexibility index (Phi) is 5.84. The minimum absolute atomic E-state index is 0.0539. The van der Waals surface area contributed by atoms with Crippen LogP contribution in [0, 0.1) is 0 Å². The van der Waals surface area contributed by atoms with E-state index >= 15 is 0 Å². The van der Waals surface area contributed by atoms with Gasteiger partial charge >= 0.3 is 0 Å². The van der Waals surface area contributed by atoms with Gasteiger partial charge in [0.15, 0.2) is 11.5 Å². The first kappa shape index (κ1) is 18.1. The van der Waals surface area contributed by atoms with Crippen LogP contribution >= 0.6 is 0 Å². The first-order valence-corrected chi connectivity index (χ1v) is 9.52. The summed E-state index contributed by atoms with van der Waals surface area (Å²) in [6, 6.07) is 5.82. The summed E-state index contributed by atoms with van der Waals surface area (Å²) in [6.45, 7) is 0.414. The second-order valence-electron chi connectivity index (χ2n) is 7.37.